The van der Waals surface area contributed by atoms with Crippen molar-refractivity contribution in [2.45, 2.75) is 236 Å². The van der Waals surface area contributed by atoms with E-state index in [1.165, 1.54) is 0 Å². The number of hydrogen-bond donors (Lipinski definition) is 0. The fourth-order valence-electron chi connectivity index (χ4n) is 10.7. The van der Waals surface area contributed by atoms with Crippen LogP contribution in [0.1, 0.15) is 194 Å². The van der Waals surface area contributed by atoms with Crippen LogP contribution in [0.15, 0.2) is 0 Å². The Morgan fingerprint density at radius 3 is 1.57 bits per heavy atom. The number of nitrogens with zero attached hydrogens (tertiary/aromatic N) is 1. The highest BCUT2D eigenvalue weighted by Crippen LogP contribution is 2.62. The van der Waals surface area contributed by atoms with Crippen LogP contribution in [-0.4, -0.2) is 122 Å². The molecule has 9 fully saturated rings. The van der Waals surface area contributed by atoms with Gasteiger partial charge in [0.1, 0.15) is 42.7 Å². The standard InChI is InChI=1S/C15H19NO4.C14H20O4.C12H20O4.2C10H16O4/c1-4-14(2,3)12(17)19-10-8-5-9-11(10)20-13(18)15(9,6-8)7-16;1-4-14(2,3)13(16)18-10-7-5-8-9(6-7)12(15)17-11(8)10;1-5-11(2,3)10(14)16-12(4)6-7-15-9(13)8-12;1-4-10(2,3)9(12)14-7-5-8(11)13-6-7;1-4-10(2,3)9(12)14-7-5-6-13-8(7)11/h8-11H,4-6H2,1-3H3;7-11H,4-6H2,1-3H3;5-8H2,1-4H3;2*7H,4-6H2,1-3H3. The first-order chi connectivity index (χ1) is 38.0. The highest BCUT2D eigenvalue weighted by Gasteiger charge is 2.72. The molecule has 13 atom stereocenters. The molecule has 21 nitrogen and oxygen atoms in total. The second-order valence-corrected chi connectivity index (χ2v) is 26.8. The lowest BCUT2D eigenvalue weighted by molar-refractivity contribution is -0.182. The van der Waals surface area contributed by atoms with E-state index < -0.39 is 62.2 Å². The molecule has 4 aliphatic carbocycles. The molecule has 4 bridgehead atoms. The van der Waals surface area contributed by atoms with Gasteiger partial charge in [-0.15, -0.1) is 0 Å². The van der Waals surface area contributed by atoms with Crippen molar-refractivity contribution in [3.8, 4) is 6.07 Å². The smallest absolute Gasteiger partial charge is 0.347 e. The van der Waals surface area contributed by atoms with Crippen LogP contribution in [-0.2, 0) is 95.3 Å². The minimum atomic E-state index is -0.974. The molecule has 0 N–H and O–H groups in total. The topological polar surface area (TPSA) is 287 Å². The SMILES string of the molecule is CCC(C)(C)C(=O)OC1(C)CCOC(=O)C1.CCC(C)(C)C(=O)OC1C2CC3C(=O)OC1C3C2.CCC(C)(C)C(=O)OC1C2CC3C1OC(=O)C3(C#N)C2.CCC(C)(C)C(=O)OC1CCOC1=O.CCC(C)(C)C(=O)OC1COC(=O)C1. The Morgan fingerprint density at radius 1 is 0.585 bits per heavy atom. The molecular weight excluding hydrogens is 1070 g/mol. The molecule has 5 heterocycles. The monoisotopic (exact) mass is 1160 g/mol. The summed E-state index contributed by atoms with van der Waals surface area (Å²) in [6, 6.07) is 2.15. The van der Waals surface area contributed by atoms with Crippen molar-refractivity contribution in [1.82, 2.24) is 0 Å². The third kappa shape index (κ3) is 14.9. The van der Waals surface area contributed by atoms with Crippen LogP contribution in [0.2, 0.25) is 0 Å². The van der Waals surface area contributed by atoms with Crippen LogP contribution in [0.3, 0.4) is 0 Å². The lowest BCUT2D eigenvalue weighted by Crippen LogP contribution is -2.43. The lowest BCUT2D eigenvalue weighted by Gasteiger charge is -2.35. The molecule has 5 aliphatic heterocycles. The summed E-state index contributed by atoms with van der Waals surface area (Å²) in [7, 11) is 0. The van der Waals surface area contributed by atoms with Gasteiger partial charge < -0.3 is 47.4 Å². The maximum absolute atomic E-state index is 12.2. The largest absolute Gasteiger partial charge is 0.465 e. The van der Waals surface area contributed by atoms with E-state index in [9.17, 15) is 53.2 Å². The van der Waals surface area contributed by atoms with Crippen molar-refractivity contribution in [2.75, 3.05) is 19.8 Å². The Balaban J connectivity index is 0.000000189. The molecule has 0 amide bonds. The van der Waals surface area contributed by atoms with E-state index >= 15 is 0 Å². The number of fused-ring (bicyclic) bond motifs is 2. The summed E-state index contributed by atoms with van der Waals surface area (Å²) in [6.07, 6.45) is 5.75. The number of cyclic esters (lactones) is 3. The Morgan fingerprint density at radius 2 is 1.10 bits per heavy atom. The van der Waals surface area contributed by atoms with Gasteiger partial charge in [0.2, 0.25) is 6.10 Å². The summed E-state index contributed by atoms with van der Waals surface area (Å²) < 4.78 is 52.0. The van der Waals surface area contributed by atoms with Gasteiger partial charge in [0.05, 0.1) is 65.1 Å². The molecule has 4 saturated carbocycles. The van der Waals surface area contributed by atoms with Crippen molar-refractivity contribution in [3.05, 3.63) is 0 Å². The zero-order valence-corrected chi connectivity index (χ0v) is 51.3. The number of nitriles is 1. The first kappa shape index (κ1) is 67.0. The maximum atomic E-state index is 12.2. The third-order valence-corrected chi connectivity index (χ3v) is 18.8. The summed E-state index contributed by atoms with van der Waals surface area (Å²) in [5.74, 6) is -2.10. The van der Waals surface area contributed by atoms with Crippen molar-refractivity contribution in [1.29, 1.82) is 5.26 Å². The third-order valence-electron chi connectivity index (χ3n) is 18.8. The molecule has 9 aliphatic rings. The van der Waals surface area contributed by atoms with E-state index in [4.69, 9.17) is 47.4 Å². The molecule has 13 unspecified atom stereocenters. The minimum absolute atomic E-state index is 0.0766. The summed E-state index contributed by atoms with van der Waals surface area (Å²) in [5.41, 5.74) is -4.16. The molecule has 0 radical (unpaired) electrons. The van der Waals surface area contributed by atoms with Crippen LogP contribution in [0.5, 0.6) is 0 Å². The number of carbonyl (C=O) groups is 10. The number of ether oxygens (including phenoxy) is 10. The van der Waals surface area contributed by atoms with Gasteiger partial charge in [0.15, 0.2) is 5.41 Å². The van der Waals surface area contributed by atoms with Crippen molar-refractivity contribution in [2.24, 2.45) is 62.1 Å². The molecule has 5 saturated heterocycles. The van der Waals surface area contributed by atoms with Gasteiger partial charge in [-0.05, 0) is 134 Å². The summed E-state index contributed by atoms with van der Waals surface area (Å²) in [4.78, 5) is 116. The molecule has 21 heteroatoms. The van der Waals surface area contributed by atoms with Crippen molar-refractivity contribution in [3.63, 3.8) is 0 Å². The molecular formula is C61H91NO20. The van der Waals surface area contributed by atoms with E-state index in [2.05, 4.69) is 6.07 Å². The van der Waals surface area contributed by atoms with Crippen LogP contribution < -0.4 is 0 Å². The molecule has 0 aromatic heterocycles. The molecule has 0 aromatic carbocycles. The van der Waals surface area contributed by atoms with Crippen LogP contribution >= 0.6 is 0 Å². The summed E-state index contributed by atoms with van der Waals surface area (Å²) in [5, 5.41) is 9.31. The fraction of sp³-hybridized carbons (Fsp3) is 0.820. The predicted octanol–water partition coefficient (Wildman–Crippen LogP) is 8.35. The molecule has 82 heavy (non-hydrogen) atoms. The van der Waals surface area contributed by atoms with E-state index in [0.717, 1.165) is 25.7 Å². The summed E-state index contributed by atoms with van der Waals surface area (Å²) in [6.45, 7) is 30.8. The highest BCUT2D eigenvalue weighted by atomic mass is 16.6. The van der Waals surface area contributed by atoms with Gasteiger partial charge in [-0.2, -0.15) is 5.26 Å². The first-order valence-corrected chi connectivity index (χ1v) is 29.4. The molecule has 0 aromatic rings. The van der Waals surface area contributed by atoms with Gasteiger partial charge in [-0.1, -0.05) is 34.6 Å². The van der Waals surface area contributed by atoms with Crippen LogP contribution in [0.4, 0.5) is 0 Å². The van der Waals surface area contributed by atoms with Crippen LogP contribution in [0, 0.1) is 73.4 Å². The summed E-state index contributed by atoms with van der Waals surface area (Å²) >= 11 is 0. The van der Waals surface area contributed by atoms with E-state index in [1.807, 2.05) is 90.0 Å². The highest BCUT2D eigenvalue weighted by molar-refractivity contribution is 5.85. The van der Waals surface area contributed by atoms with Gasteiger partial charge in [-0.25, -0.2) is 4.79 Å². The quantitative estimate of drug-likeness (QED) is 0.110. The lowest BCUT2D eigenvalue weighted by atomic mass is 9.74. The minimum Gasteiger partial charge on any atom is -0.465 e. The Hall–Kier alpha value is -5.81. The van der Waals surface area contributed by atoms with Crippen LogP contribution in [0.25, 0.3) is 0 Å². The molecule has 9 rings (SSSR count). The normalized spacial score (nSPS) is 31.7. The van der Waals surface area contributed by atoms with E-state index in [0.29, 0.717) is 70.0 Å². The zero-order valence-electron chi connectivity index (χ0n) is 51.3. The molecule has 0 spiro atoms. The molecule has 460 valence electrons. The number of rotatable bonds is 15. The van der Waals surface area contributed by atoms with Gasteiger partial charge >= 0.3 is 59.7 Å². The Bertz CT molecular complexity index is 2470. The van der Waals surface area contributed by atoms with Gasteiger partial charge in [0.25, 0.3) is 0 Å². The average molecular weight is 1160 g/mol. The second-order valence-electron chi connectivity index (χ2n) is 26.8. The van der Waals surface area contributed by atoms with Crippen molar-refractivity contribution >= 4 is 59.7 Å². The Labute approximate surface area is 483 Å². The predicted molar refractivity (Wildman–Crippen MR) is 289 cm³/mol. The fourth-order valence-corrected chi connectivity index (χ4v) is 10.7. The van der Waals surface area contributed by atoms with Gasteiger partial charge in [-0.3, -0.25) is 43.2 Å². The zero-order chi connectivity index (χ0) is 61.7. The van der Waals surface area contributed by atoms with E-state index in [-0.39, 0.29) is 109 Å². The maximum Gasteiger partial charge on any atom is 0.347 e. The first-order valence-electron chi connectivity index (χ1n) is 29.4. The Kier molecular flexibility index (Phi) is 21.2. The van der Waals surface area contributed by atoms with Crippen molar-refractivity contribution < 1.29 is 95.3 Å². The number of esters is 10. The second kappa shape index (κ2) is 26.0. The average Bonchev–Trinajstić information content (AvgIpc) is 2.55. The van der Waals surface area contributed by atoms with Gasteiger partial charge in [0, 0.05) is 36.5 Å². The number of carbonyl (C=O) groups excluding carboxylic acids is 10. The number of hydrogen-bond acceptors (Lipinski definition) is 21. The van der Waals surface area contributed by atoms with E-state index in [1.54, 1.807) is 20.8 Å².